The molecule has 2 nitrogen and oxygen atoms in total. The average Bonchev–Trinajstić information content (AvgIpc) is 3.95. The van der Waals surface area contributed by atoms with Crippen LogP contribution in [-0.2, 0) is 0 Å². The van der Waals surface area contributed by atoms with Crippen molar-refractivity contribution in [2.24, 2.45) is 0 Å². The minimum atomic E-state index is 1.07. The Morgan fingerprint density at radius 3 is 1.78 bits per heavy atom. The van der Waals surface area contributed by atoms with E-state index in [1.807, 2.05) is 22.7 Å². The molecule has 11 rings (SSSR count). The van der Waals surface area contributed by atoms with Crippen molar-refractivity contribution in [2.45, 2.75) is 0 Å². The van der Waals surface area contributed by atoms with Gasteiger partial charge in [-0.25, -0.2) is 4.98 Å². The molecule has 0 saturated heterocycles. The second-order valence-corrected chi connectivity index (χ2v) is 16.7. The van der Waals surface area contributed by atoms with Gasteiger partial charge in [0.25, 0.3) is 0 Å². The van der Waals surface area contributed by atoms with Gasteiger partial charge in [-0.05, 0) is 89.0 Å². The molecule has 0 spiro atoms. The van der Waals surface area contributed by atoms with Gasteiger partial charge in [0.1, 0.15) is 5.01 Å². The second kappa shape index (κ2) is 12.8. The number of fused-ring (bicyclic) bond motifs is 8. The van der Waals surface area contributed by atoms with Gasteiger partial charge in [0.15, 0.2) is 0 Å². The summed E-state index contributed by atoms with van der Waals surface area (Å²) in [6, 6.07) is 65.9. The van der Waals surface area contributed by atoms with Crippen LogP contribution >= 0.6 is 34.0 Å². The predicted octanol–water partition coefficient (Wildman–Crippen LogP) is 15.5. The molecule has 8 aromatic carbocycles. The first kappa shape index (κ1) is 31.4. The number of anilines is 3. The van der Waals surface area contributed by atoms with E-state index in [0.717, 1.165) is 33.1 Å². The highest BCUT2D eigenvalue weighted by Gasteiger charge is 2.17. The summed E-state index contributed by atoms with van der Waals surface area (Å²) in [4.78, 5) is 7.53. The van der Waals surface area contributed by atoms with Crippen LogP contribution < -0.4 is 4.90 Å². The molecule has 54 heavy (non-hydrogen) atoms. The van der Waals surface area contributed by atoms with Gasteiger partial charge >= 0.3 is 0 Å². The van der Waals surface area contributed by atoms with E-state index >= 15 is 0 Å². The van der Waals surface area contributed by atoms with Crippen LogP contribution in [0.2, 0.25) is 0 Å². The highest BCUT2D eigenvalue weighted by atomic mass is 32.1. The lowest BCUT2D eigenvalue weighted by atomic mass is 10.0. The molecule has 0 N–H and O–H groups in total. The third-order valence-electron chi connectivity index (χ3n) is 10.3. The molecule has 3 heterocycles. The normalized spacial score (nSPS) is 11.7. The highest BCUT2D eigenvalue weighted by Crippen LogP contribution is 2.44. The van der Waals surface area contributed by atoms with Crippen LogP contribution in [-0.4, -0.2) is 4.98 Å². The van der Waals surface area contributed by atoms with Crippen LogP contribution in [0, 0.1) is 0 Å². The van der Waals surface area contributed by atoms with Crippen molar-refractivity contribution in [3.05, 3.63) is 182 Å². The van der Waals surface area contributed by atoms with E-state index in [1.165, 1.54) is 67.3 Å². The molecule has 0 atom stereocenters. The molecule has 0 aliphatic rings. The molecule has 5 heteroatoms. The molecule has 0 saturated carbocycles. The van der Waals surface area contributed by atoms with Crippen molar-refractivity contribution in [2.75, 3.05) is 4.90 Å². The van der Waals surface area contributed by atoms with Crippen molar-refractivity contribution < 1.29 is 0 Å². The van der Waals surface area contributed by atoms with Gasteiger partial charge in [-0.3, -0.25) is 0 Å². The van der Waals surface area contributed by atoms with Crippen molar-refractivity contribution in [1.82, 2.24) is 4.98 Å². The third-order valence-corrected chi connectivity index (χ3v) is 13.8. The largest absolute Gasteiger partial charge is 0.311 e. The summed E-state index contributed by atoms with van der Waals surface area (Å²) in [5.41, 5.74) is 10.5. The summed E-state index contributed by atoms with van der Waals surface area (Å²) >= 11 is 5.49. The Kier molecular flexibility index (Phi) is 7.44. The fourth-order valence-electron chi connectivity index (χ4n) is 7.73. The minimum Gasteiger partial charge on any atom is -0.311 e. The Morgan fingerprint density at radius 1 is 0.370 bits per heavy atom. The summed E-state index contributed by atoms with van der Waals surface area (Å²) in [5.74, 6) is 0. The predicted molar refractivity (Wildman–Crippen MR) is 236 cm³/mol. The molecule has 254 valence electrons. The minimum absolute atomic E-state index is 1.07. The van der Waals surface area contributed by atoms with E-state index in [-0.39, 0.29) is 0 Å². The van der Waals surface area contributed by atoms with Gasteiger partial charge in [0.05, 0.1) is 10.2 Å². The summed E-state index contributed by atoms with van der Waals surface area (Å²) < 4.78 is 6.45. The molecule has 0 bridgehead atoms. The number of thiophene rings is 2. The zero-order valence-corrected chi connectivity index (χ0v) is 31.4. The van der Waals surface area contributed by atoms with Crippen molar-refractivity contribution >= 4 is 102 Å². The molecule has 0 aliphatic carbocycles. The van der Waals surface area contributed by atoms with Crippen molar-refractivity contribution in [1.29, 1.82) is 0 Å². The van der Waals surface area contributed by atoms with Gasteiger partial charge in [0, 0.05) is 63.0 Å². The number of rotatable bonds is 6. The molecular formula is C49H30N2S3. The van der Waals surface area contributed by atoms with Gasteiger partial charge < -0.3 is 4.90 Å². The number of para-hydroxylation sites is 1. The molecule has 11 aromatic rings. The average molecular weight is 743 g/mol. The standard InChI is InChI=1S/C49H30N2S3/c1-3-10-33(11-4-1)49-50-47-45(54-49)29-28-44-46(47)41-30-34(22-27-43(41)52-44)31-18-23-36(24-19-31)51(35-12-5-2-6-13-35)37-25-20-32(21-26-37)38-15-9-16-40-39-14-7-8-17-42(39)53-48(38)40/h1-30H. The molecule has 0 fully saturated rings. The zero-order chi connectivity index (χ0) is 35.6. The van der Waals surface area contributed by atoms with Crippen molar-refractivity contribution in [3.63, 3.8) is 0 Å². The lowest BCUT2D eigenvalue weighted by Gasteiger charge is -2.26. The van der Waals surface area contributed by atoms with E-state index in [2.05, 4.69) is 187 Å². The van der Waals surface area contributed by atoms with Gasteiger partial charge in [-0.1, -0.05) is 115 Å². The first-order chi connectivity index (χ1) is 26.7. The number of nitrogens with zero attached hydrogens (tertiary/aromatic N) is 2. The number of hydrogen-bond acceptors (Lipinski definition) is 5. The van der Waals surface area contributed by atoms with Gasteiger partial charge in [-0.15, -0.1) is 34.0 Å². The maximum atomic E-state index is 5.19. The number of thiazole rings is 1. The highest BCUT2D eigenvalue weighted by molar-refractivity contribution is 7.27. The fraction of sp³-hybridized carbons (Fsp3) is 0. The van der Waals surface area contributed by atoms with E-state index in [1.54, 1.807) is 11.3 Å². The summed E-state index contributed by atoms with van der Waals surface area (Å²) in [6.07, 6.45) is 0. The van der Waals surface area contributed by atoms with Crippen LogP contribution in [0.25, 0.3) is 83.4 Å². The van der Waals surface area contributed by atoms with E-state index in [0.29, 0.717) is 0 Å². The van der Waals surface area contributed by atoms with E-state index in [9.17, 15) is 0 Å². The second-order valence-electron chi connectivity index (χ2n) is 13.5. The Balaban J connectivity index is 0.958. The first-order valence-corrected chi connectivity index (χ1v) is 20.5. The van der Waals surface area contributed by atoms with Gasteiger partial charge in [0.2, 0.25) is 0 Å². The van der Waals surface area contributed by atoms with Crippen LogP contribution in [0.1, 0.15) is 0 Å². The third kappa shape index (κ3) is 5.24. The van der Waals surface area contributed by atoms with Crippen molar-refractivity contribution in [3.8, 4) is 32.8 Å². The smallest absolute Gasteiger partial charge is 0.124 e. The number of benzene rings is 8. The van der Waals surface area contributed by atoms with Crippen LogP contribution in [0.5, 0.6) is 0 Å². The monoisotopic (exact) mass is 742 g/mol. The van der Waals surface area contributed by atoms with Gasteiger partial charge in [-0.2, -0.15) is 0 Å². The van der Waals surface area contributed by atoms with E-state index < -0.39 is 0 Å². The number of aromatic nitrogens is 1. The Labute approximate surface area is 324 Å². The Hall–Kier alpha value is -6.11. The topological polar surface area (TPSA) is 16.1 Å². The molecule has 0 radical (unpaired) electrons. The molecule has 3 aromatic heterocycles. The fourth-order valence-corrected chi connectivity index (χ4v) is 11.0. The lowest BCUT2D eigenvalue weighted by Crippen LogP contribution is -2.09. The quantitative estimate of drug-likeness (QED) is 0.169. The SMILES string of the molecule is c1ccc(-c2nc3c(ccc4sc5ccc(-c6ccc(N(c7ccccc7)c7ccc(-c8cccc9c8sc8ccccc89)cc7)cc6)cc5c43)s2)cc1. The van der Waals surface area contributed by atoms with Crippen LogP contribution in [0.3, 0.4) is 0 Å². The summed E-state index contributed by atoms with van der Waals surface area (Å²) in [7, 11) is 0. The molecule has 0 amide bonds. The zero-order valence-electron chi connectivity index (χ0n) is 28.9. The van der Waals surface area contributed by atoms with Crippen LogP contribution in [0.4, 0.5) is 17.1 Å². The number of hydrogen-bond donors (Lipinski definition) is 0. The first-order valence-electron chi connectivity index (χ1n) is 18.0. The molecule has 0 aliphatic heterocycles. The lowest BCUT2D eigenvalue weighted by molar-refractivity contribution is 1.28. The maximum Gasteiger partial charge on any atom is 0.124 e. The van der Waals surface area contributed by atoms with Crippen LogP contribution in [0.15, 0.2) is 182 Å². The molecule has 0 unspecified atom stereocenters. The summed E-state index contributed by atoms with van der Waals surface area (Å²) in [6.45, 7) is 0. The summed E-state index contributed by atoms with van der Waals surface area (Å²) in [5, 5.41) is 6.24. The Morgan fingerprint density at radius 2 is 0.981 bits per heavy atom. The molecular weight excluding hydrogens is 713 g/mol. The Bertz CT molecular complexity index is 3140. The maximum absolute atomic E-state index is 5.19. The van der Waals surface area contributed by atoms with E-state index in [4.69, 9.17) is 4.98 Å².